The lowest BCUT2D eigenvalue weighted by Crippen LogP contribution is -2.24. The van der Waals surface area contributed by atoms with Crippen molar-refractivity contribution in [3.8, 4) is 5.69 Å². The average molecular weight is 341 g/mol. The minimum atomic E-state index is -0.740. The lowest BCUT2D eigenvalue weighted by atomic mass is 10.3. The van der Waals surface area contributed by atoms with Gasteiger partial charge in [-0.25, -0.2) is 14.5 Å². The molecule has 0 N–H and O–H groups in total. The van der Waals surface area contributed by atoms with Crippen molar-refractivity contribution < 1.29 is 9.53 Å². The van der Waals surface area contributed by atoms with Crippen LogP contribution in [0.2, 0.25) is 0 Å². The number of hydrogen-bond acceptors (Lipinski definition) is 6. The summed E-state index contributed by atoms with van der Waals surface area (Å²) in [5.74, 6) is -0.740. The molecule has 24 heavy (non-hydrogen) atoms. The normalized spacial score (nSPS) is 10.6. The maximum Gasteiger partial charge on any atom is 0.363 e. The summed E-state index contributed by atoms with van der Waals surface area (Å²) < 4.78 is 6.75. The highest BCUT2D eigenvalue weighted by molar-refractivity contribution is 7.11. The molecule has 0 aliphatic rings. The Balaban J connectivity index is 1.87. The van der Waals surface area contributed by atoms with Gasteiger partial charge in [-0.05, 0) is 26.0 Å². The number of carbonyl (C=O) groups excluding carboxylic acids is 1. The zero-order valence-electron chi connectivity index (χ0n) is 13.2. The van der Waals surface area contributed by atoms with Crippen molar-refractivity contribution >= 4 is 17.3 Å². The molecule has 0 amide bonds. The standard InChI is InChI=1S/C17H15N3O3S/c1-11-8-15(21)16(19-20(11)13-6-4-3-5-7-13)17(22)23-10-14-9-18-12(2)24-14/h3-9H,10H2,1-2H3. The number of ether oxygens (including phenoxy) is 1. The fourth-order valence-electron chi connectivity index (χ4n) is 2.20. The smallest absolute Gasteiger partial charge is 0.363 e. The number of aryl methyl sites for hydroxylation is 2. The molecule has 122 valence electrons. The number of para-hydroxylation sites is 1. The Hall–Kier alpha value is -2.80. The fourth-order valence-corrected chi connectivity index (χ4v) is 2.90. The Morgan fingerprint density at radius 3 is 2.67 bits per heavy atom. The number of aromatic nitrogens is 3. The van der Waals surface area contributed by atoms with Crippen molar-refractivity contribution in [2.75, 3.05) is 0 Å². The van der Waals surface area contributed by atoms with Gasteiger partial charge in [-0.3, -0.25) is 4.79 Å². The zero-order valence-corrected chi connectivity index (χ0v) is 14.0. The lowest BCUT2D eigenvalue weighted by molar-refractivity contribution is 0.0465. The van der Waals surface area contributed by atoms with Gasteiger partial charge < -0.3 is 4.74 Å². The maximum atomic E-state index is 12.2. The summed E-state index contributed by atoms with van der Waals surface area (Å²) in [6.45, 7) is 3.71. The van der Waals surface area contributed by atoms with Gasteiger partial charge in [0, 0.05) is 18.0 Å². The van der Waals surface area contributed by atoms with E-state index in [9.17, 15) is 9.59 Å². The van der Waals surface area contributed by atoms with Gasteiger partial charge in [-0.1, -0.05) is 18.2 Å². The van der Waals surface area contributed by atoms with E-state index in [1.165, 1.54) is 17.4 Å². The lowest BCUT2D eigenvalue weighted by Gasteiger charge is -2.10. The molecule has 2 heterocycles. The highest BCUT2D eigenvalue weighted by Gasteiger charge is 2.17. The summed E-state index contributed by atoms with van der Waals surface area (Å²) in [6.07, 6.45) is 1.65. The van der Waals surface area contributed by atoms with Crippen LogP contribution in [0.3, 0.4) is 0 Å². The van der Waals surface area contributed by atoms with Crippen LogP contribution in [-0.2, 0) is 11.3 Å². The van der Waals surface area contributed by atoms with Crippen LogP contribution < -0.4 is 5.43 Å². The molecule has 0 bridgehead atoms. The average Bonchev–Trinajstić information content (AvgIpc) is 2.99. The van der Waals surface area contributed by atoms with Crippen molar-refractivity contribution in [3.05, 3.63) is 74.1 Å². The Kier molecular flexibility index (Phi) is 4.52. The third-order valence-electron chi connectivity index (χ3n) is 3.32. The predicted molar refractivity (Wildman–Crippen MR) is 90.5 cm³/mol. The number of esters is 1. The van der Waals surface area contributed by atoms with E-state index in [0.717, 1.165) is 15.6 Å². The highest BCUT2D eigenvalue weighted by Crippen LogP contribution is 2.13. The molecule has 0 aliphatic heterocycles. The molecule has 0 spiro atoms. The first-order valence-electron chi connectivity index (χ1n) is 7.29. The fraction of sp³-hybridized carbons (Fsp3) is 0.176. The van der Waals surface area contributed by atoms with Gasteiger partial charge in [0.2, 0.25) is 11.1 Å². The van der Waals surface area contributed by atoms with E-state index in [2.05, 4.69) is 10.1 Å². The zero-order chi connectivity index (χ0) is 17.1. The van der Waals surface area contributed by atoms with Gasteiger partial charge in [-0.15, -0.1) is 11.3 Å². The number of carbonyl (C=O) groups is 1. The molecule has 0 aliphatic carbocycles. The van der Waals surface area contributed by atoms with Crippen molar-refractivity contribution in [1.82, 2.24) is 14.8 Å². The van der Waals surface area contributed by atoms with Crippen LogP contribution in [-0.4, -0.2) is 20.7 Å². The SMILES string of the molecule is Cc1ncc(COC(=O)c2nn(-c3ccccc3)c(C)cc2=O)s1. The Bertz CT molecular complexity index is 932. The molecule has 3 aromatic rings. The molecule has 2 aromatic heterocycles. The van der Waals surface area contributed by atoms with Crippen molar-refractivity contribution in [2.45, 2.75) is 20.5 Å². The molecule has 6 nitrogen and oxygen atoms in total. The van der Waals surface area contributed by atoms with Gasteiger partial charge in [-0.2, -0.15) is 5.10 Å². The van der Waals surface area contributed by atoms with E-state index in [0.29, 0.717) is 5.69 Å². The van der Waals surface area contributed by atoms with Crippen LogP contribution in [0.1, 0.15) is 26.1 Å². The third kappa shape index (κ3) is 3.41. The first-order chi connectivity index (χ1) is 11.5. The Labute approximate surface area is 142 Å². The summed E-state index contributed by atoms with van der Waals surface area (Å²) in [6, 6.07) is 10.7. The van der Waals surface area contributed by atoms with Crippen LogP contribution in [0.5, 0.6) is 0 Å². The molecule has 7 heteroatoms. The Morgan fingerprint density at radius 2 is 2.00 bits per heavy atom. The number of hydrogen-bond donors (Lipinski definition) is 0. The molecule has 0 radical (unpaired) electrons. The topological polar surface area (TPSA) is 74.1 Å². The molecule has 0 saturated heterocycles. The molecule has 0 unspecified atom stereocenters. The summed E-state index contributed by atoms with van der Waals surface area (Å²) in [5, 5.41) is 5.07. The summed E-state index contributed by atoms with van der Waals surface area (Å²) in [4.78, 5) is 29.2. The quantitative estimate of drug-likeness (QED) is 0.682. The van der Waals surface area contributed by atoms with E-state index in [4.69, 9.17) is 4.74 Å². The van der Waals surface area contributed by atoms with E-state index in [-0.39, 0.29) is 12.3 Å². The van der Waals surface area contributed by atoms with Crippen LogP contribution in [0.15, 0.2) is 47.4 Å². The minimum Gasteiger partial charge on any atom is -0.455 e. The Morgan fingerprint density at radius 1 is 1.25 bits per heavy atom. The van der Waals surface area contributed by atoms with Gasteiger partial charge in [0.05, 0.1) is 15.6 Å². The van der Waals surface area contributed by atoms with Crippen molar-refractivity contribution in [1.29, 1.82) is 0 Å². The largest absolute Gasteiger partial charge is 0.455 e. The van der Waals surface area contributed by atoms with Gasteiger partial charge in [0.25, 0.3) is 0 Å². The van der Waals surface area contributed by atoms with Crippen LogP contribution in [0, 0.1) is 13.8 Å². The van der Waals surface area contributed by atoms with Gasteiger partial charge in [0.1, 0.15) is 6.61 Å². The first-order valence-corrected chi connectivity index (χ1v) is 8.11. The molecule has 0 fully saturated rings. The highest BCUT2D eigenvalue weighted by atomic mass is 32.1. The van der Waals surface area contributed by atoms with Crippen LogP contribution >= 0.6 is 11.3 Å². The summed E-state index contributed by atoms with van der Waals surface area (Å²) in [5.41, 5.74) is 0.721. The molecule has 0 saturated carbocycles. The molecule has 0 atom stereocenters. The predicted octanol–water partition coefficient (Wildman–Crippen LogP) is 2.66. The summed E-state index contributed by atoms with van der Waals surface area (Å²) in [7, 11) is 0. The van der Waals surface area contributed by atoms with Crippen molar-refractivity contribution in [3.63, 3.8) is 0 Å². The second-order valence-electron chi connectivity index (χ2n) is 5.17. The van der Waals surface area contributed by atoms with E-state index >= 15 is 0 Å². The molecular weight excluding hydrogens is 326 g/mol. The maximum absolute atomic E-state index is 12.2. The first kappa shape index (κ1) is 16.1. The van der Waals surface area contributed by atoms with Crippen LogP contribution in [0.25, 0.3) is 5.69 Å². The van der Waals surface area contributed by atoms with E-state index in [1.807, 2.05) is 37.3 Å². The number of thiazole rings is 1. The minimum absolute atomic E-state index is 0.0741. The van der Waals surface area contributed by atoms with Crippen LogP contribution in [0.4, 0.5) is 0 Å². The van der Waals surface area contributed by atoms with Gasteiger partial charge >= 0.3 is 5.97 Å². The third-order valence-corrected chi connectivity index (χ3v) is 4.20. The monoisotopic (exact) mass is 341 g/mol. The number of rotatable bonds is 4. The molecule has 3 rings (SSSR count). The van der Waals surface area contributed by atoms with Gasteiger partial charge in [0.15, 0.2) is 0 Å². The molecular formula is C17H15N3O3S. The second kappa shape index (κ2) is 6.76. The van der Waals surface area contributed by atoms with E-state index < -0.39 is 11.4 Å². The van der Waals surface area contributed by atoms with E-state index in [1.54, 1.807) is 17.8 Å². The summed E-state index contributed by atoms with van der Waals surface area (Å²) >= 11 is 1.44. The number of benzene rings is 1. The molecule has 1 aromatic carbocycles. The second-order valence-corrected chi connectivity index (χ2v) is 6.49. The number of nitrogens with zero attached hydrogens (tertiary/aromatic N) is 3. The van der Waals surface area contributed by atoms with Crippen molar-refractivity contribution in [2.24, 2.45) is 0 Å².